The van der Waals surface area contributed by atoms with Crippen molar-refractivity contribution in [2.24, 2.45) is 0 Å². The number of carbonyl (C=O) groups is 3. The third-order valence-electron chi connectivity index (χ3n) is 5.79. The summed E-state index contributed by atoms with van der Waals surface area (Å²) in [6, 6.07) is 16.3. The van der Waals surface area contributed by atoms with Crippen LogP contribution in [0.15, 0.2) is 60.8 Å². The Morgan fingerprint density at radius 2 is 1.72 bits per heavy atom. The van der Waals surface area contributed by atoms with Gasteiger partial charge in [-0.05, 0) is 38.0 Å². The van der Waals surface area contributed by atoms with Crippen molar-refractivity contribution < 1.29 is 14.4 Å². The first-order chi connectivity index (χ1) is 15.2. The number of H-pyrrole nitrogens is 1. The van der Waals surface area contributed by atoms with E-state index in [1.807, 2.05) is 81.6 Å². The second-order valence-corrected chi connectivity index (χ2v) is 9.13. The molecule has 0 unspecified atom stereocenters. The highest BCUT2D eigenvalue weighted by molar-refractivity contribution is 6.06. The van der Waals surface area contributed by atoms with Crippen molar-refractivity contribution in [2.75, 3.05) is 6.54 Å². The number of nitrogens with zero attached hydrogens (tertiary/aromatic N) is 2. The Morgan fingerprint density at radius 3 is 2.44 bits per heavy atom. The maximum Gasteiger partial charge on any atom is 0.325 e. The maximum atomic E-state index is 13.2. The lowest BCUT2D eigenvalue weighted by Crippen LogP contribution is -2.50. The fraction of sp³-hybridized carbons (Fsp3) is 0.320. The van der Waals surface area contributed by atoms with E-state index in [-0.39, 0.29) is 18.4 Å². The van der Waals surface area contributed by atoms with Gasteiger partial charge in [-0.1, -0.05) is 48.5 Å². The Bertz CT molecular complexity index is 1150. The van der Waals surface area contributed by atoms with Crippen molar-refractivity contribution in [1.29, 1.82) is 0 Å². The molecule has 7 nitrogen and oxygen atoms in total. The molecule has 166 valence electrons. The highest BCUT2D eigenvalue weighted by Crippen LogP contribution is 2.22. The van der Waals surface area contributed by atoms with Gasteiger partial charge in [-0.3, -0.25) is 14.5 Å². The number of rotatable bonds is 6. The first-order valence-electron chi connectivity index (χ1n) is 10.8. The Kier molecular flexibility index (Phi) is 5.74. The highest BCUT2D eigenvalue weighted by Gasteiger charge is 2.40. The fourth-order valence-electron chi connectivity index (χ4n) is 4.07. The molecular weight excluding hydrogens is 404 g/mol. The summed E-state index contributed by atoms with van der Waals surface area (Å²) in [6.45, 7) is 5.96. The number of carbonyl (C=O) groups excluding carboxylic acids is 3. The Morgan fingerprint density at radius 1 is 1.03 bits per heavy atom. The lowest BCUT2D eigenvalue weighted by molar-refractivity contribution is -0.141. The summed E-state index contributed by atoms with van der Waals surface area (Å²) in [5, 5.41) is 3.76. The first kappa shape index (κ1) is 21.6. The number of amides is 4. The SMILES string of the molecule is CC(C)(C)N(Cc1ccccc1)C(=O)CN1C(=O)N[C@@H](Cc2c[nH]c3ccccc23)C1=O. The predicted molar refractivity (Wildman–Crippen MR) is 123 cm³/mol. The number of benzene rings is 2. The number of aromatic amines is 1. The van der Waals surface area contributed by atoms with Crippen LogP contribution in [0.2, 0.25) is 0 Å². The number of imide groups is 1. The molecule has 0 bridgehead atoms. The van der Waals surface area contributed by atoms with Crippen molar-refractivity contribution in [1.82, 2.24) is 20.1 Å². The number of nitrogens with one attached hydrogen (secondary N) is 2. The van der Waals surface area contributed by atoms with Crippen LogP contribution in [0.5, 0.6) is 0 Å². The normalized spacial score (nSPS) is 16.5. The first-order valence-corrected chi connectivity index (χ1v) is 10.8. The third-order valence-corrected chi connectivity index (χ3v) is 5.79. The van der Waals surface area contributed by atoms with Gasteiger partial charge in [-0.2, -0.15) is 0 Å². The minimum atomic E-state index is -0.688. The molecule has 1 atom stereocenters. The maximum absolute atomic E-state index is 13.2. The zero-order chi connectivity index (χ0) is 22.9. The average molecular weight is 433 g/mol. The third kappa shape index (κ3) is 4.37. The second-order valence-electron chi connectivity index (χ2n) is 9.13. The van der Waals surface area contributed by atoms with Crippen molar-refractivity contribution >= 4 is 28.7 Å². The molecule has 1 fully saturated rings. The zero-order valence-corrected chi connectivity index (χ0v) is 18.6. The number of hydrogen-bond donors (Lipinski definition) is 2. The van der Waals surface area contributed by atoms with Crippen LogP contribution in [0, 0.1) is 0 Å². The smallest absolute Gasteiger partial charge is 0.325 e. The molecule has 0 radical (unpaired) electrons. The Balaban J connectivity index is 1.47. The molecule has 1 aliphatic rings. The van der Waals surface area contributed by atoms with E-state index in [4.69, 9.17) is 0 Å². The number of urea groups is 1. The van der Waals surface area contributed by atoms with Crippen LogP contribution < -0.4 is 5.32 Å². The molecule has 0 saturated carbocycles. The lowest BCUT2D eigenvalue weighted by Gasteiger charge is -2.36. The van der Waals surface area contributed by atoms with E-state index in [1.165, 1.54) is 0 Å². The molecular formula is C25H28N4O3. The van der Waals surface area contributed by atoms with E-state index >= 15 is 0 Å². The minimum Gasteiger partial charge on any atom is -0.361 e. The monoisotopic (exact) mass is 432 g/mol. The topological polar surface area (TPSA) is 85.5 Å². The molecule has 3 aromatic rings. The van der Waals surface area contributed by atoms with E-state index in [0.717, 1.165) is 26.9 Å². The van der Waals surface area contributed by atoms with Crippen LogP contribution in [0.25, 0.3) is 10.9 Å². The zero-order valence-electron chi connectivity index (χ0n) is 18.6. The molecule has 2 aromatic carbocycles. The molecule has 1 aliphatic heterocycles. The summed E-state index contributed by atoms with van der Waals surface area (Å²) < 4.78 is 0. The summed E-state index contributed by atoms with van der Waals surface area (Å²) in [5.74, 6) is -0.639. The molecule has 4 rings (SSSR count). The molecule has 7 heteroatoms. The summed E-state index contributed by atoms with van der Waals surface area (Å²) in [4.78, 5) is 44.7. The van der Waals surface area contributed by atoms with Crippen molar-refractivity contribution in [2.45, 2.75) is 45.3 Å². The molecule has 1 aromatic heterocycles. The molecule has 32 heavy (non-hydrogen) atoms. The van der Waals surface area contributed by atoms with Gasteiger partial charge in [0, 0.05) is 35.6 Å². The van der Waals surface area contributed by atoms with E-state index in [9.17, 15) is 14.4 Å². The standard InChI is InChI=1S/C25H28N4O3/c1-25(2,3)29(15-17-9-5-4-6-10-17)22(30)16-28-23(31)21(27-24(28)32)13-18-14-26-20-12-8-7-11-19(18)20/h4-12,14,21,26H,13,15-16H2,1-3H3,(H,27,32)/t21-/m0/s1. The van der Waals surface area contributed by atoms with Gasteiger partial charge in [0.2, 0.25) is 5.91 Å². The van der Waals surface area contributed by atoms with Gasteiger partial charge in [0.15, 0.2) is 0 Å². The molecule has 1 saturated heterocycles. The fourth-order valence-corrected chi connectivity index (χ4v) is 4.07. The predicted octanol–water partition coefficient (Wildman–Crippen LogP) is 3.46. The van der Waals surface area contributed by atoms with Gasteiger partial charge >= 0.3 is 6.03 Å². The van der Waals surface area contributed by atoms with Gasteiger partial charge in [-0.25, -0.2) is 4.79 Å². The van der Waals surface area contributed by atoms with Gasteiger partial charge < -0.3 is 15.2 Å². The summed E-state index contributed by atoms with van der Waals surface area (Å²) in [6.07, 6.45) is 2.23. The largest absolute Gasteiger partial charge is 0.361 e. The Hall–Kier alpha value is -3.61. The quantitative estimate of drug-likeness (QED) is 0.585. The van der Waals surface area contributed by atoms with Crippen LogP contribution in [0.4, 0.5) is 4.79 Å². The minimum absolute atomic E-state index is 0.266. The summed E-state index contributed by atoms with van der Waals surface area (Å²) in [5.41, 5.74) is 2.46. The number of aromatic nitrogens is 1. The van der Waals surface area contributed by atoms with Crippen molar-refractivity contribution in [3.05, 3.63) is 71.9 Å². The van der Waals surface area contributed by atoms with Crippen LogP contribution in [-0.4, -0.2) is 50.8 Å². The van der Waals surface area contributed by atoms with Gasteiger partial charge in [0.25, 0.3) is 5.91 Å². The van der Waals surface area contributed by atoms with Gasteiger partial charge in [-0.15, -0.1) is 0 Å². The van der Waals surface area contributed by atoms with Crippen LogP contribution in [0.1, 0.15) is 31.9 Å². The van der Waals surface area contributed by atoms with E-state index in [0.29, 0.717) is 13.0 Å². The van der Waals surface area contributed by atoms with Crippen molar-refractivity contribution in [3.8, 4) is 0 Å². The number of hydrogen-bond acceptors (Lipinski definition) is 3. The van der Waals surface area contributed by atoms with E-state index in [1.54, 1.807) is 4.90 Å². The van der Waals surface area contributed by atoms with Crippen LogP contribution >= 0.6 is 0 Å². The van der Waals surface area contributed by atoms with E-state index in [2.05, 4.69) is 10.3 Å². The molecule has 2 heterocycles. The number of fused-ring (bicyclic) bond motifs is 1. The van der Waals surface area contributed by atoms with Gasteiger partial charge in [0.05, 0.1) is 0 Å². The van der Waals surface area contributed by atoms with Crippen LogP contribution in [0.3, 0.4) is 0 Å². The molecule has 4 amide bonds. The molecule has 0 aliphatic carbocycles. The van der Waals surface area contributed by atoms with Crippen LogP contribution in [-0.2, 0) is 22.6 Å². The summed E-state index contributed by atoms with van der Waals surface area (Å²) in [7, 11) is 0. The van der Waals surface area contributed by atoms with E-state index < -0.39 is 17.6 Å². The average Bonchev–Trinajstić information content (AvgIpc) is 3.28. The lowest BCUT2D eigenvalue weighted by atomic mass is 10.0. The molecule has 2 N–H and O–H groups in total. The van der Waals surface area contributed by atoms with Crippen molar-refractivity contribution in [3.63, 3.8) is 0 Å². The van der Waals surface area contributed by atoms with Gasteiger partial charge in [0.1, 0.15) is 12.6 Å². The second kappa shape index (κ2) is 8.49. The number of para-hydroxylation sites is 1. The Labute approximate surface area is 187 Å². The molecule has 0 spiro atoms. The summed E-state index contributed by atoms with van der Waals surface area (Å²) >= 11 is 0. The highest BCUT2D eigenvalue weighted by atomic mass is 16.2.